The summed E-state index contributed by atoms with van der Waals surface area (Å²) >= 11 is 5.61. The fraction of sp³-hybridized carbons (Fsp3) is 0.632. The molecule has 0 amide bonds. The molecule has 0 aliphatic heterocycles. The summed E-state index contributed by atoms with van der Waals surface area (Å²) in [6.45, 7) is 5.50. The van der Waals surface area contributed by atoms with Crippen molar-refractivity contribution in [2.45, 2.75) is 65.4 Å². The predicted octanol–water partition coefficient (Wildman–Crippen LogP) is 3.00. The first-order valence-corrected chi connectivity index (χ1v) is 12.0. The van der Waals surface area contributed by atoms with Gasteiger partial charge in [0.15, 0.2) is 0 Å². The van der Waals surface area contributed by atoms with E-state index in [1.807, 2.05) is 19.9 Å². The molecule has 0 heterocycles. The third kappa shape index (κ3) is 9.45. The molecule has 0 radical (unpaired) electrons. The Morgan fingerprint density at radius 1 is 1.14 bits per heavy atom. The molecule has 0 aromatic heterocycles. The Hall–Kier alpha value is -1.02. The van der Waals surface area contributed by atoms with Crippen molar-refractivity contribution in [3.05, 3.63) is 30.3 Å². The topological polar surface area (TPSA) is 97.3 Å². The van der Waals surface area contributed by atoms with Crippen LogP contribution in [-0.4, -0.2) is 47.1 Å². The monoisotopic (exact) mass is 433 g/mol. The summed E-state index contributed by atoms with van der Waals surface area (Å²) in [4.78, 5) is 12.6. The third-order valence-electron chi connectivity index (χ3n) is 3.60. The highest BCUT2D eigenvalue weighted by Crippen LogP contribution is 2.46. The lowest BCUT2D eigenvalue weighted by atomic mass is 10.0. The van der Waals surface area contributed by atoms with Crippen LogP contribution in [-0.2, 0) is 25.9 Å². The van der Waals surface area contributed by atoms with E-state index < -0.39 is 30.9 Å². The molecular weight excluding hydrogens is 401 g/mol. The molecule has 0 spiro atoms. The van der Waals surface area contributed by atoms with Crippen molar-refractivity contribution in [3.63, 3.8) is 0 Å². The van der Waals surface area contributed by atoms with Gasteiger partial charge in [0, 0.05) is 0 Å². The first-order valence-electron chi connectivity index (χ1n) is 9.36. The van der Waals surface area contributed by atoms with Gasteiger partial charge in [-0.15, -0.1) is 0 Å². The predicted molar refractivity (Wildman–Crippen MR) is 113 cm³/mol. The molecule has 3 N–H and O–H groups in total. The molecule has 0 saturated heterocycles. The van der Waals surface area contributed by atoms with Gasteiger partial charge < -0.3 is 24.0 Å². The molecule has 28 heavy (non-hydrogen) atoms. The summed E-state index contributed by atoms with van der Waals surface area (Å²) in [6.07, 6.45) is -1.91. The Morgan fingerprint density at radius 2 is 1.75 bits per heavy atom. The molecule has 0 aliphatic carbocycles. The number of benzene rings is 1. The number of hydrogen-bond acceptors (Lipinski definition) is 7. The van der Waals surface area contributed by atoms with E-state index in [0.717, 1.165) is 0 Å². The number of rotatable bonds is 12. The van der Waals surface area contributed by atoms with Gasteiger partial charge in [0.05, 0.1) is 18.8 Å². The van der Waals surface area contributed by atoms with Gasteiger partial charge in [0.1, 0.15) is 17.9 Å². The summed E-state index contributed by atoms with van der Waals surface area (Å²) in [7, 11) is 0. The number of ether oxygens (including phenoxy) is 1. The molecule has 0 bridgehead atoms. The molecule has 9 heteroatoms. The zero-order valence-electron chi connectivity index (χ0n) is 17.1. The Kier molecular flexibility index (Phi) is 10.6. The minimum absolute atomic E-state index is 0.195. The maximum absolute atomic E-state index is 12.6. The van der Waals surface area contributed by atoms with E-state index in [-0.39, 0.29) is 18.6 Å². The number of para-hydroxylation sites is 1. The van der Waals surface area contributed by atoms with Gasteiger partial charge in [0.25, 0.3) is 0 Å². The summed E-state index contributed by atoms with van der Waals surface area (Å²) in [5.74, 6) is 0.236. The van der Waals surface area contributed by atoms with E-state index >= 15 is 0 Å². The fourth-order valence-electron chi connectivity index (χ4n) is 2.20. The second-order valence-electron chi connectivity index (χ2n) is 7.30. The van der Waals surface area contributed by atoms with Gasteiger partial charge in [0.2, 0.25) is 0 Å². The van der Waals surface area contributed by atoms with Crippen molar-refractivity contribution in [3.8, 4) is 5.75 Å². The van der Waals surface area contributed by atoms with Crippen LogP contribution in [0.3, 0.4) is 0 Å². The normalized spacial score (nSPS) is 17.0. The smallest absolute Gasteiger partial charge is 0.323 e. The van der Waals surface area contributed by atoms with E-state index in [4.69, 9.17) is 25.6 Å². The quantitative estimate of drug-likeness (QED) is 0.342. The van der Waals surface area contributed by atoms with Crippen molar-refractivity contribution in [2.75, 3.05) is 6.61 Å². The van der Waals surface area contributed by atoms with Gasteiger partial charge in [-0.25, -0.2) is 5.09 Å². The average molecular weight is 434 g/mol. The van der Waals surface area contributed by atoms with E-state index in [2.05, 4.69) is 5.09 Å². The standard InChI is InChI=1S/C19H32NO6PS/c1-13(2)11-17(19(23)25-14(3)4)20-27(28,24-12-18(22)15(5)21)26-16-9-7-6-8-10-16/h6-10,13-15,17-18,21-22H,11-12H2,1-5H3,(H,20,28). The summed E-state index contributed by atoms with van der Waals surface area (Å²) in [5.41, 5.74) is 0. The summed E-state index contributed by atoms with van der Waals surface area (Å²) in [6, 6.07) is 8.14. The Labute approximate surface area is 172 Å². The number of carbonyl (C=O) groups is 1. The van der Waals surface area contributed by atoms with Crippen LogP contribution in [0.2, 0.25) is 0 Å². The largest absolute Gasteiger partial charge is 0.462 e. The van der Waals surface area contributed by atoms with Gasteiger partial charge in [-0.05, 0) is 57.0 Å². The zero-order chi connectivity index (χ0) is 21.3. The van der Waals surface area contributed by atoms with Gasteiger partial charge >= 0.3 is 12.6 Å². The number of hydrogen-bond donors (Lipinski definition) is 3. The van der Waals surface area contributed by atoms with Crippen LogP contribution in [0.5, 0.6) is 5.75 Å². The van der Waals surface area contributed by atoms with Crippen molar-refractivity contribution in [1.82, 2.24) is 5.09 Å². The van der Waals surface area contributed by atoms with Crippen LogP contribution in [0.4, 0.5) is 0 Å². The zero-order valence-corrected chi connectivity index (χ0v) is 18.8. The average Bonchev–Trinajstić information content (AvgIpc) is 2.59. The molecular formula is C19H32NO6PS. The minimum atomic E-state index is -3.23. The van der Waals surface area contributed by atoms with E-state index in [1.54, 1.807) is 38.1 Å². The van der Waals surface area contributed by atoms with Crippen LogP contribution in [0.15, 0.2) is 30.3 Å². The van der Waals surface area contributed by atoms with Crippen LogP contribution in [0.1, 0.15) is 41.0 Å². The maximum atomic E-state index is 12.6. The molecule has 0 saturated carbocycles. The lowest BCUT2D eigenvalue weighted by molar-refractivity contribution is -0.150. The maximum Gasteiger partial charge on any atom is 0.323 e. The lowest BCUT2D eigenvalue weighted by Gasteiger charge is -2.29. The van der Waals surface area contributed by atoms with Crippen LogP contribution < -0.4 is 9.61 Å². The number of aliphatic hydroxyl groups excluding tert-OH is 2. The van der Waals surface area contributed by atoms with Crippen molar-refractivity contribution in [2.24, 2.45) is 5.92 Å². The van der Waals surface area contributed by atoms with Crippen LogP contribution in [0.25, 0.3) is 0 Å². The molecule has 1 aromatic carbocycles. The molecule has 4 unspecified atom stereocenters. The Morgan fingerprint density at radius 3 is 2.25 bits per heavy atom. The van der Waals surface area contributed by atoms with Crippen molar-refractivity contribution >= 4 is 24.4 Å². The van der Waals surface area contributed by atoms with E-state index in [9.17, 15) is 15.0 Å². The highest BCUT2D eigenvalue weighted by atomic mass is 32.5. The third-order valence-corrected chi connectivity index (χ3v) is 6.02. The lowest BCUT2D eigenvalue weighted by Crippen LogP contribution is -2.40. The van der Waals surface area contributed by atoms with Gasteiger partial charge in [-0.1, -0.05) is 32.0 Å². The molecule has 160 valence electrons. The van der Waals surface area contributed by atoms with Gasteiger partial charge in [-0.2, -0.15) is 0 Å². The second kappa shape index (κ2) is 11.9. The first-order chi connectivity index (χ1) is 13.0. The summed E-state index contributed by atoms with van der Waals surface area (Å²) in [5, 5.41) is 22.4. The molecule has 4 atom stereocenters. The second-order valence-corrected chi connectivity index (χ2v) is 10.4. The highest BCUT2D eigenvalue weighted by molar-refractivity contribution is 8.09. The Bertz CT molecular complexity index is 641. The number of carbonyl (C=O) groups excluding carboxylic acids is 1. The Balaban J connectivity index is 3.04. The fourth-order valence-corrected chi connectivity index (χ4v) is 4.55. The summed E-state index contributed by atoms with van der Waals surface area (Å²) < 4.78 is 16.9. The molecule has 1 aromatic rings. The van der Waals surface area contributed by atoms with E-state index in [0.29, 0.717) is 12.2 Å². The minimum Gasteiger partial charge on any atom is -0.462 e. The number of aliphatic hydroxyl groups is 2. The molecule has 0 fully saturated rings. The number of nitrogens with one attached hydrogen (secondary N) is 1. The van der Waals surface area contributed by atoms with Gasteiger partial charge in [-0.3, -0.25) is 4.79 Å². The molecule has 1 rings (SSSR count). The highest BCUT2D eigenvalue weighted by Gasteiger charge is 2.32. The molecule has 7 nitrogen and oxygen atoms in total. The molecule has 0 aliphatic rings. The van der Waals surface area contributed by atoms with Crippen molar-refractivity contribution < 1.29 is 28.8 Å². The van der Waals surface area contributed by atoms with Crippen molar-refractivity contribution in [1.29, 1.82) is 0 Å². The number of esters is 1. The SMILES string of the molecule is CC(C)CC(NP(=S)(OCC(O)C(C)O)Oc1ccccc1)C(=O)OC(C)C. The van der Waals surface area contributed by atoms with Crippen LogP contribution in [0, 0.1) is 5.92 Å². The van der Waals surface area contributed by atoms with Crippen LogP contribution >= 0.6 is 6.64 Å². The first kappa shape index (κ1) is 25.0. The van der Waals surface area contributed by atoms with E-state index in [1.165, 1.54) is 6.92 Å².